The van der Waals surface area contributed by atoms with Crippen LogP contribution in [0.1, 0.15) is 30.3 Å². The van der Waals surface area contributed by atoms with Crippen molar-refractivity contribution in [3.8, 4) is 11.5 Å². The van der Waals surface area contributed by atoms with Gasteiger partial charge in [0.2, 0.25) is 11.9 Å². The molecular weight excluding hydrogens is 366 g/mol. The van der Waals surface area contributed by atoms with Crippen LogP contribution in [0, 0.1) is 13.8 Å². The second-order valence-corrected chi connectivity index (χ2v) is 6.87. The minimum atomic E-state index is -0.0780. The van der Waals surface area contributed by atoms with E-state index >= 15 is 0 Å². The fourth-order valence-corrected chi connectivity index (χ4v) is 2.68. The van der Waals surface area contributed by atoms with E-state index in [0.29, 0.717) is 24.3 Å². The Balaban J connectivity index is 1.59. The molecule has 0 aliphatic carbocycles. The SMILES string of the molecule is CC[C@@H](CO)Nc1nc(C)nc(NCc2ccc(Oc3ccc(C)cc3)cc2)n1. The van der Waals surface area contributed by atoms with Crippen LogP contribution < -0.4 is 15.4 Å². The van der Waals surface area contributed by atoms with Crippen LogP contribution in [-0.2, 0) is 6.54 Å². The molecule has 152 valence electrons. The molecule has 29 heavy (non-hydrogen) atoms. The van der Waals surface area contributed by atoms with Crippen LogP contribution in [0.3, 0.4) is 0 Å². The van der Waals surface area contributed by atoms with Crippen molar-refractivity contribution in [1.29, 1.82) is 0 Å². The number of aryl methyl sites for hydroxylation is 2. The van der Waals surface area contributed by atoms with Crippen molar-refractivity contribution in [3.63, 3.8) is 0 Å². The third-order valence-electron chi connectivity index (χ3n) is 4.42. The molecule has 0 spiro atoms. The minimum Gasteiger partial charge on any atom is -0.457 e. The molecule has 2 aromatic carbocycles. The third-order valence-corrected chi connectivity index (χ3v) is 4.42. The van der Waals surface area contributed by atoms with Gasteiger partial charge in [-0.2, -0.15) is 15.0 Å². The average molecular weight is 393 g/mol. The van der Waals surface area contributed by atoms with Crippen LogP contribution in [0.2, 0.25) is 0 Å². The van der Waals surface area contributed by atoms with Crippen LogP contribution in [0.4, 0.5) is 11.9 Å². The molecule has 0 aliphatic heterocycles. The molecule has 3 N–H and O–H groups in total. The number of hydrogen-bond donors (Lipinski definition) is 3. The predicted octanol–water partition coefficient (Wildman–Crippen LogP) is 4.08. The van der Waals surface area contributed by atoms with Gasteiger partial charge in [-0.1, -0.05) is 36.8 Å². The highest BCUT2D eigenvalue weighted by Gasteiger charge is 2.09. The van der Waals surface area contributed by atoms with E-state index < -0.39 is 0 Å². The highest BCUT2D eigenvalue weighted by molar-refractivity contribution is 5.38. The first-order valence-electron chi connectivity index (χ1n) is 9.73. The topological polar surface area (TPSA) is 92.2 Å². The fraction of sp³-hybridized carbons (Fsp3) is 0.318. The van der Waals surface area contributed by atoms with Gasteiger partial charge in [-0.25, -0.2) is 0 Å². The van der Waals surface area contributed by atoms with Gasteiger partial charge in [0.1, 0.15) is 17.3 Å². The summed E-state index contributed by atoms with van der Waals surface area (Å²) in [7, 11) is 0. The van der Waals surface area contributed by atoms with Crippen molar-refractivity contribution in [3.05, 3.63) is 65.5 Å². The Morgan fingerprint density at radius 3 is 2.14 bits per heavy atom. The Kier molecular flexibility index (Phi) is 6.97. The van der Waals surface area contributed by atoms with Crippen molar-refractivity contribution in [2.45, 2.75) is 39.8 Å². The molecule has 3 rings (SSSR count). The summed E-state index contributed by atoms with van der Waals surface area (Å²) in [5.41, 5.74) is 2.28. The van der Waals surface area contributed by atoms with E-state index in [2.05, 4.69) is 25.6 Å². The lowest BCUT2D eigenvalue weighted by atomic mass is 10.2. The number of nitrogens with zero attached hydrogens (tertiary/aromatic N) is 3. The zero-order valence-corrected chi connectivity index (χ0v) is 17.0. The lowest BCUT2D eigenvalue weighted by Gasteiger charge is -2.15. The summed E-state index contributed by atoms with van der Waals surface area (Å²) in [5, 5.41) is 15.7. The number of anilines is 2. The van der Waals surface area contributed by atoms with Gasteiger partial charge in [0.15, 0.2) is 0 Å². The quantitative estimate of drug-likeness (QED) is 0.504. The monoisotopic (exact) mass is 393 g/mol. The van der Waals surface area contributed by atoms with Gasteiger partial charge in [-0.3, -0.25) is 0 Å². The first kappa shape index (κ1) is 20.5. The van der Waals surface area contributed by atoms with Crippen molar-refractivity contribution in [1.82, 2.24) is 15.0 Å². The molecular formula is C22H27N5O2. The fourth-order valence-electron chi connectivity index (χ4n) is 2.68. The van der Waals surface area contributed by atoms with Crippen molar-refractivity contribution < 1.29 is 9.84 Å². The molecule has 0 radical (unpaired) electrons. The number of aliphatic hydroxyl groups is 1. The zero-order chi connectivity index (χ0) is 20.6. The number of rotatable bonds is 9. The van der Waals surface area contributed by atoms with E-state index in [9.17, 15) is 5.11 Å². The smallest absolute Gasteiger partial charge is 0.228 e. The van der Waals surface area contributed by atoms with Gasteiger partial charge in [-0.05, 0) is 50.1 Å². The van der Waals surface area contributed by atoms with E-state index in [1.54, 1.807) is 0 Å². The highest BCUT2D eigenvalue weighted by Crippen LogP contribution is 2.22. The normalized spacial score (nSPS) is 11.7. The average Bonchev–Trinajstić information content (AvgIpc) is 2.73. The van der Waals surface area contributed by atoms with Crippen LogP contribution in [-0.4, -0.2) is 32.7 Å². The van der Waals surface area contributed by atoms with Gasteiger partial charge in [0.05, 0.1) is 12.6 Å². The number of ether oxygens (including phenoxy) is 1. The summed E-state index contributed by atoms with van der Waals surface area (Å²) in [5.74, 6) is 3.17. The third kappa shape index (κ3) is 6.15. The van der Waals surface area contributed by atoms with Crippen molar-refractivity contribution in [2.24, 2.45) is 0 Å². The largest absolute Gasteiger partial charge is 0.457 e. The molecule has 7 nitrogen and oxygen atoms in total. The summed E-state index contributed by atoms with van der Waals surface area (Å²) in [6.07, 6.45) is 0.779. The van der Waals surface area contributed by atoms with Gasteiger partial charge < -0.3 is 20.5 Å². The maximum absolute atomic E-state index is 9.35. The van der Waals surface area contributed by atoms with Gasteiger partial charge in [0, 0.05) is 6.54 Å². The second kappa shape index (κ2) is 9.84. The summed E-state index contributed by atoms with van der Waals surface area (Å²) < 4.78 is 5.86. The van der Waals surface area contributed by atoms with E-state index in [1.807, 2.05) is 69.3 Å². The summed E-state index contributed by atoms with van der Waals surface area (Å²) in [6.45, 7) is 6.46. The molecule has 0 saturated carbocycles. The Morgan fingerprint density at radius 1 is 0.897 bits per heavy atom. The molecule has 1 atom stereocenters. The molecule has 3 aromatic rings. The van der Waals surface area contributed by atoms with Gasteiger partial charge >= 0.3 is 0 Å². The predicted molar refractivity (Wildman–Crippen MR) is 114 cm³/mol. The lowest BCUT2D eigenvalue weighted by Crippen LogP contribution is -2.24. The Morgan fingerprint density at radius 2 is 1.52 bits per heavy atom. The van der Waals surface area contributed by atoms with Crippen LogP contribution in [0.25, 0.3) is 0 Å². The molecule has 7 heteroatoms. The standard InChI is InChI=1S/C22H27N5O2/c1-4-18(14-28)26-22-25-16(3)24-21(27-22)23-13-17-7-11-20(12-8-17)29-19-9-5-15(2)6-10-19/h5-12,18,28H,4,13-14H2,1-3H3,(H2,23,24,25,26,27)/t18-/m0/s1. The molecule has 0 aliphatic rings. The molecule has 1 aromatic heterocycles. The number of hydrogen-bond acceptors (Lipinski definition) is 7. The molecule has 0 fully saturated rings. The molecule has 0 unspecified atom stereocenters. The molecule has 1 heterocycles. The minimum absolute atomic E-state index is 0.0288. The van der Waals surface area contributed by atoms with Crippen molar-refractivity contribution in [2.75, 3.05) is 17.2 Å². The van der Waals surface area contributed by atoms with Crippen molar-refractivity contribution >= 4 is 11.9 Å². The summed E-state index contributed by atoms with van der Waals surface area (Å²) >= 11 is 0. The van der Waals surface area contributed by atoms with E-state index in [4.69, 9.17) is 4.74 Å². The molecule has 0 amide bonds. The second-order valence-electron chi connectivity index (χ2n) is 6.87. The zero-order valence-electron chi connectivity index (χ0n) is 17.0. The lowest BCUT2D eigenvalue weighted by molar-refractivity contribution is 0.271. The number of aliphatic hydroxyl groups excluding tert-OH is 1. The molecule has 0 saturated heterocycles. The Labute approximate surface area is 171 Å². The number of nitrogens with one attached hydrogen (secondary N) is 2. The van der Waals surface area contributed by atoms with E-state index in [-0.39, 0.29) is 12.6 Å². The first-order valence-corrected chi connectivity index (χ1v) is 9.73. The van der Waals surface area contributed by atoms with E-state index in [0.717, 1.165) is 23.5 Å². The summed E-state index contributed by atoms with van der Waals surface area (Å²) in [4.78, 5) is 13.0. The van der Waals surface area contributed by atoms with Gasteiger partial charge in [-0.15, -0.1) is 0 Å². The van der Waals surface area contributed by atoms with Crippen LogP contribution >= 0.6 is 0 Å². The Bertz CT molecular complexity index is 909. The first-order chi connectivity index (χ1) is 14.1. The number of benzene rings is 2. The highest BCUT2D eigenvalue weighted by atomic mass is 16.5. The maximum atomic E-state index is 9.35. The van der Waals surface area contributed by atoms with Crippen LogP contribution in [0.15, 0.2) is 48.5 Å². The molecule has 0 bridgehead atoms. The van der Waals surface area contributed by atoms with Gasteiger partial charge in [0.25, 0.3) is 0 Å². The Hall–Kier alpha value is -3.19. The van der Waals surface area contributed by atoms with E-state index in [1.165, 1.54) is 5.56 Å². The number of aromatic nitrogens is 3. The maximum Gasteiger partial charge on any atom is 0.228 e. The summed E-state index contributed by atoms with van der Waals surface area (Å²) in [6, 6.07) is 15.8. The van der Waals surface area contributed by atoms with Crippen LogP contribution in [0.5, 0.6) is 11.5 Å².